The molecule has 0 bridgehead atoms. The van der Waals surface area contributed by atoms with Crippen molar-refractivity contribution in [3.63, 3.8) is 0 Å². The first kappa shape index (κ1) is 10.1. The van der Waals surface area contributed by atoms with Crippen molar-refractivity contribution in [2.75, 3.05) is 5.75 Å². The Kier molecular flexibility index (Phi) is 2.58. The summed E-state index contributed by atoms with van der Waals surface area (Å²) in [6.45, 7) is 5.05. The second kappa shape index (κ2) is 3.59. The van der Waals surface area contributed by atoms with Crippen molar-refractivity contribution in [3.05, 3.63) is 18.2 Å². The lowest BCUT2D eigenvalue weighted by atomic mass is 9.94. The van der Waals surface area contributed by atoms with Crippen LogP contribution in [0, 0.1) is 0 Å². The summed E-state index contributed by atoms with van der Waals surface area (Å²) in [5.74, 6) is 1.02. The van der Waals surface area contributed by atoms with Gasteiger partial charge in [-0.2, -0.15) is 11.8 Å². The van der Waals surface area contributed by atoms with Gasteiger partial charge < -0.3 is 9.67 Å². The summed E-state index contributed by atoms with van der Waals surface area (Å²) in [7, 11) is 0. The summed E-state index contributed by atoms with van der Waals surface area (Å²) in [4.78, 5) is 4.29. The monoisotopic (exact) mass is 212 g/mol. The van der Waals surface area contributed by atoms with Gasteiger partial charge in [-0.3, -0.25) is 0 Å². The van der Waals surface area contributed by atoms with E-state index in [0.29, 0.717) is 0 Å². The number of hydrogen-bond acceptors (Lipinski definition) is 3. The van der Waals surface area contributed by atoms with E-state index >= 15 is 0 Å². The predicted octanol–water partition coefficient (Wildman–Crippen LogP) is 1.62. The number of aromatic nitrogens is 2. The van der Waals surface area contributed by atoms with Crippen LogP contribution in [0.2, 0.25) is 0 Å². The van der Waals surface area contributed by atoms with Gasteiger partial charge in [-0.15, -0.1) is 0 Å². The zero-order chi connectivity index (χ0) is 10.2. The number of aryl methyl sites for hydroxylation is 1. The van der Waals surface area contributed by atoms with Gasteiger partial charge in [-0.1, -0.05) is 6.92 Å². The van der Waals surface area contributed by atoms with Gasteiger partial charge in [0.1, 0.15) is 5.60 Å². The molecule has 0 amide bonds. The van der Waals surface area contributed by atoms with Crippen molar-refractivity contribution in [1.29, 1.82) is 0 Å². The average Bonchev–Trinajstić information content (AvgIpc) is 2.75. The third kappa shape index (κ3) is 1.46. The quantitative estimate of drug-likeness (QED) is 0.809. The molecule has 4 heteroatoms. The molecule has 1 aromatic rings. The van der Waals surface area contributed by atoms with Gasteiger partial charge in [0.2, 0.25) is 0 Å². The maximum Gasteiger partial charge on any atom is 0.120 e. The highest BCUT2D eigenvalue weighted by Crippen LogP contribution is 2.42. The van der Waals surface area contributed by atoms with Gasteiger partial charge in [-0.25, -0.2) is 4.98 Å². The van der Waals surface area contributed by atoms with Gasteiger partial charge in [0, 0.05) is 18.0 Å². The van der Waals surface area contributed by atoms with E-state index in [2.05, 4.69) is 18.8 Å². The highest BCUT2D eigenvalue weighted by molar-refractivity contribution is 8.00. The molecule has 1 aliphatic rings. The van der Waals surface area contributed by atoms with Gasteiger partial charge in [0.15, 0.2) is 0 Å². The third-order valence-electron chi connectivity index (χ3n) is 2.97. The molecule has 0 aliphatic carbocycles. The molecule has 3 nitrogen and oxygen atoms in total. The zero-order valence-electron chi connectivity index (χ0n) is 8.60. The maximum atomic E-state index is 10.4. The molecule has 2 heterocycles. The SMILES string of the molecule is CCn1cnc(C2(O)CCSC2C)c1. The first-order valence-electron chi connectivity index (χ1n) is 5.03. The maximum absolute atomic E-state index is 10.4. The number of rotatable bonds is 2. The zero-order valence-corrected chi connectivity index (χ0v) is 9.42. The van der Waals surface area contributed by atoms with E-state index in [9.17, 15) is 5.11 Å². The molecular weight excluding hydrogens is 196 g/mol. The van der Waals surface area contributed by atoms with Crippen molar-refractivity contribution in [2.45, 2.75) is 37.7 Å². The van der Waals surface area contributed by atoms with Crippen LogP contribution in [-0.4, -0.2) is 25.7 Å². The van der Waals surface area contributed by atoms with E-state index in [-0.39, 0.29) is 5.25 Å². The molecule has 1 N–H and O–H groups in total. The minimum absolute atomic E-state index is 0.253. The Labute approximate surface area is 88.5 Å². The molecule has 1 aromatic heterocycles. The second-order valence-electron chi connectivity index (χ2n) is 3.78. The lowest BCUT2D eigenvalue weighted by molar-refractivity contribution is 0.0385. The fourth-order valence-corrected chi connectivity index (χ4v) is 3.12. The van der Waals surface area contributed by atoms with Crippen molar-refractivity contribution < 1.29 is 5.11 Å². The van der Waals surface area contributed by atoms with E-state index in [0.717, 1.165) is 24.4 Å². The Morgan fingerprint density at radius 2 is 2.57 bits per heavy atom. The molecule has 78 valence electrons. The Morgan fingerprint density at radius 3 is 3.07 bits per heavy atom. The number of imidazole rings is 1. The van der Waals surface area contributed by atoms with Crippen LogP contribution >= 0.6 is 11.8 Å². The van der Waals surface area contributed by atoms with Crippen molar-refractivity contribution in [2.24, 2.45) is 0 Å². The Morgan fingerprint density at radius 1 is 1.79 bits per heavy atom. The van der Waals surface area contributed by atoms with E-state index in [4.69, 9.17) is 0 Å². The van der Waals surface area contributed by atoms with Crippen LogP contribution in [0.25, 0.3) is 0 Å². The van der Waals surface area contributed by atoms with Gasteiger partial charge in [0.05, 0.1) is 12.0 Å². The van der Waals surface area contributed by atoms with E-state index < -0.39 is 5.60 Å². The van der Waals surface area contributed by atoms with E-state index in [1.54, 1.807) is 6.33 Å². The Hall–Kier alpha value is -0.480. The molecule has 0 aromatic carbocycles. The van der Waals surface area contributed by atoms with Crippen LogP contribution in [0.3, 0.4) is 0 Å². The van der Waals surface area contributed by atoms with Crippen LogP contribution < -0.4 is 0 Å². The number of aliphatic hydroxyl groups is 1. The summed E-state index contributed by atoms with van der Waals surface area (Å²) >= 11 is 1.82. The highest BCUT2D eigenvalue weighted by Gasteiger charge is 2.42. The summed E-state index contributed by atoms with van der Waals surface area (Å²) in [5, 5.41) is 10.7. The minimum atomic E-state index is -0.703. The highest BCUT2D eigenvalue weighted by atomic mass is 32.2. The van der Waals surface area contributed by atoms with Gasteiger partial charge >= 0.3 is 0 Å². The molecule has 14 heavy (non-hydrogen) atoms. The number of hydrogen-bond donors (Lipinski definition) is 1. The van der Waals surface area contributed by atoms with E-state index in [1.807, 2.05) is 22.5 Å². The predicted molar refractivity (Wildman–Crippen MR) is 58.3 cm³/mol. The molecule has 0 saturated carbocycles. The van der Waals surface area contributed by atoms with E-state index in [1.165, 1.54) is 0 Å². The van der Waals surface area contributed by atoms with Crippen molar-refractivity contribution in [3.8, 4) is 0 Å². The molecule has 2 atom stereocenters. The van der Waals surface area contributed by atoms with Gasteiger partial charge in [0.25, 0.3) is 0 Å². The average molecular weight is 212 g/mol. The standard InChI is InChI=1S/C10H16N2OS/c1-3-12-6-9(11-7-12)10(13)4-5-14-8(10)2/h6-8,13H,3-5H2,1-2H3. The fourth-order valence-electron chi connectivity index (χ4n) is 1.83. The van der Waals surface area contributed by atoms with Crippen LogP contribution in [-0.2, 0) is 12.1 Å². The molecular formula is C10H16N2OS. The summed E-state index contributed by atoms with van der Waals surface area (Å²) < 4.78 is 2.00. The molecule has 2 rings (SSSR count). The summed E-state index contributed by atoms with van der Waals surface area (Å²) in [5.41, 5.74) is 0.127. The summed E-state index contributed by atoms with van der Waals surface area (Å²) in [6, 6.07) is 0. The first-order valence-corrected chi connectivity index (χ1v) is 6.08. The molecule has 1 saturated heterocycles. The lowest BCUT2D eigenvalue weighted by Gasteiger charge is -2.24. The van der Waals surface area contributed by atoms with Crippen molar-refractivity contribution in [1.82, 2.24) is 9.55 Å². The lowest BCUT2D eigenvalue weighted by Crippen LogP contribution is -2.31. The molecule has 0 spiro atoms. The van der Waals surface area contributed by atoms with Crippen molar-refractivity contribution >= 4 is 11.8 Å². The molecule has 2 unspecified atom stereocenters. The fraction of sp³-hybridized carbons (Fsp3) is 0.700. The Balaban J connectivity index is 2.28. The number of thioether (sulfide) groups is 1. The normalized spacial score (nSPS) is 32.4. The molecule has 1 fully saturated rings. The minimum Gasteiger partial charge on any atom is -0.382 e. The smallest absolute Gasteiger partial charge is 0.120 e. The van der Waals surface area contributed by atoms with Gasteiger partial charge in [-0.05, 0) is 19.1 Å². The second-order valence-corrected chi connectivity index (χ2v) is 5.23. The molecule has 0 radical (unpaired) electrons. The van der Waals surface area contributed by atoms with Crippen LogP contribution in [0.4, 0.5) is 0 Å². The van der Waals surface area contributed by atoms with Crippen LogP contribution in [0.5, 0.6) is 0 Å². The Bertz CT molecular complexity index is 326. The number of nitrogens with zero attached hydrogens (tertiary/aromatic N) is 2. The van der Waals surface area contributed by atoms with Crippen LogP contribution in [0.1, 0.15) is 26.0 Å². The van der Waals surface area contributed by atoms with Crippen LogP contribution in [0.15, 0.2) is 12.5 Å². The largest absolute Gasteiger partial charge is 0.382 e. The summed E-state index contributed by atoms with van der Waals surface area (Å²) in [6.07, 6.45) is 4.57. The topological polar surface area (TPSA) is 38.0 Å². The molecule has 1 aliphatic heterocycles. The first-order chi connectivity index (χ1) is 6.66. The third-order valence-corrected chi connectivity index (χ3v) is 4.30.